The van der Waals surface area contributed by atoms with Crippen LogP contribution < -0.4 is 16.0 Å². The number of nitrogens with one attached hydrogen (secondary N) is 3. The molecule has 3 N–H and O–H groups in total. The highest BCUT2D eigenvalue weighted by molar-refractivity contribution is 7.12. The Morgan fingerprint density at radius 1 is 1.23 bits per heavy atom. The highest BCUT2D eigenvalue weighted by Gasteiger charge is 2.28. The number of likely N-dealkylation sites (tertiary alicyclic amines) is 1. The number of urea groups is 1. The first-order valence-electron chi connectivity index (χ1n) is 7.94. The summed E-state index contributed by atoms with van der Waals surface area (Å²) in [6, 6.07) is 2.36. The van der Waals surface area contributed by atoms with Gasteiger partial charge in [-0.15, -0.1) is 11.3 Å². The monoisotopic (exact) mass is 392 g/mol. The van der Waals surface area contributed by atoms with Crippen molar-refractivity contribution in [3.8, 4) is 0 Å². The van der Waals surface area contributed by atoms with Gasteiger partial charge in [0.15, 0.2) is 0 Å². The second-order valence-corrected chi connectivity index (χ2v) is 6.79. The minimum Gasteiger partial charge on any atom is -0.349 e. The van der Waals surface area contributed by atoms with Crippen molar-refractivity contribution >= 4 is 29.2 Å². The lowest BCUT2D eigenvalue weighted by Gasteiger charge is -2.31. The highest BCUT2D eigenvalue weighted by atomic mass is 32.1. The quantitative estimate of drug-likeness (QED) is 0.705. The van der Waals surface area contributed by atoms with Crippen LogP contribution in [0.25, 0.3) is 0 Å². The number of amides is 4. The minimum absolute atomic E-state index is 0.000930. The minimum atomic E-state index is -4.53. The summed E-state index contributed by atoms with van der Waals surface area (Å²) in [4.78, 5) is 37.3. The Kier molecular flexibility index (Phi) is 6.98. The van der Waals surface area contributed by atoms with E-state index < -0.39 is 24.7 Å². The van der Waals surface area contributed by atoms with E-state index in [-0.39, 0.29) is 18.5 Å². The molecule has 0 bridgehead atoms. The summed E-state index contributed by atoms with van der Waals surface area (Å²) in [5.74, 6) is -0.803. The van der Waals surface area contributed by atoms with Crippen LogP contribution in [0.5, 0.6) is 0 Å². The molecule has 0 unspecified atom stereocenters. The van der Waals surface area contributed by atoms with Gasteiger partial charge in [-0.1, -0.05) is 6.07 Å². The third-order valence-electron chi connectivity index (χ3n) is 3.74. The predicted molar refractivity (Wildman–Crippen MR) is 88.8 cm³/mol. The SMILES string of the molecule is O=C(CN1CCC(NC(=O)c2cccs2)CC1)NC(=O)NCC(F)(F)F. The number of nitrogens with zero attached hydrogens (tertiary/aromatic N) is 1. The van der Waals surface area contributed by atoms with E-state index in [2.05, 4.69) is 5.32 Å². The van der Waals surface area contributed by atoms with Crippen LogP contribution in [0.2, 0.25) is 0 Å². The van der Waals surface area contributed by atoms with Gasteiger partial charge in [-0.3, -0.25) is 19.8 Å². The molecule has 11 heteroatoms. The second-order valence-electron chi connectivity index (χ2n) is 5.85. The molecule has 2 rings (SSSR count). The first-order valence-corrected chi connectivity index (χ1v) is 8.82. The molecule has 1 aromatic rings. The number of carbonyl (C=O) groups is 3. The normalized spacial score (nSPS) is 16.1. The Hall–Kier alpha value is -2.14. The predicted octanol–water partition coefficient (Wildman–Crippen LogP) is 1.33. The lowest BCUT2D eigenvalue weighted by Crippen LogP contribution is -2.50. The van der Waals surface area contributed by atoms with Crippen LogP contribution in [0.1, 0.15) is 22.5 Å². The summed E-state index contributed by atoms with van der Waals surface area (Å²) in [5, 5.41) is 8.19. The third-order valence-corrected chi connectivity index (χ3v) is 4.61. The van der Waals surface area contributed by atoms with Gasteiger partial charge in [-0.25, -0.2) is 4.79 Å². The van der Waals surface area contributed by atoms with E-state index >= 15 is 0 Å². The number of rotatable bonds is 5. The number of hydrogen-bond acceptors (Lipinski definition) is 5. The summed E-state index contributed by atoms with van der Waals surface area (Å²) >= 11 is 1.36. The molecule has 0 spiro atoms. The lowest BCUT2D eigenvalue weighted by molar-refractivity contribution is -0.125. The number of hydrogen-bond donors (Lipinski definition) is 3. The maximum absolute atomic E-state index is 12.0. The fourth-order valence-corrected chi connectivity index (χ4v) is 3.12. The first kappa shape index (κ1) is 20.2. The van der Waals surface area contributed by atoms with Crippen molar-refractivity contribution in [3.63, 3.8) is 0 Å². The van der Waals surface area contributed by atoms with E-state index in [4.69, 9.17) is 0 Å². The standard InChI is InChI=1S/C15H19F3N4O3S/c16-15(17,18)9-19-14(25)21-12(23)8-22-5-3-10(4-6-22)20-13(24)11-2-1-7-26-11/h1-2,7,10H,3-6,8-9H2,(H,20,24)(H2,19,21,23,25). The van der Waals surface area contributed by atoms with Crippen molar-refractivity contribution in [1.29, 1.82) is 0 Å². The molecule has 1 aromatic heterocycles. The van der Waals surface area contributed by atoms with Crippen LogP contribution >= 0.6 is 11.3 Å². The van der Waals surface area contributed by atoms with Gasteiger partial charge in [0.05, 0.1) is 11.4 Å². The molecule has 0 aliphatic carbocycles. The Labute approximate surface area is 151 Å². The molecule has 0 aromatic carbocycles. The van der Waals surface area contributed by atoms with Gasteiger partial charge in [-0.05, 0) is 24.3 Å². The second kappa shape index (κ2) is 8.99. The number of thiophene rings is 1. The molecule has 1 aliphatic rings. The van der Waals surface area contributed by atoms with Crippen molar-refractivity contribution in [2.75, 3.05) is 26.2 Å². The number of carbonyl (C=O) groups excluding carboxylic acids is 3. The molecule has 1 aliphatic heterocycles. The fourth-order valence-electron chi connectivity index (χ4n) is 2.49. The zero-order valence-corrected chi connectivity index (χ0v) is 14.6. The average molecular weight is 392 g/mol. The highest BCUT2D eigenvalue weighted by Crippen LogP contribution is 2.13. The smallest absolute Gasteiger partial charge is 0.349 e. The van der Waals surface area contributed by atoms with E-state index in [0.717, 1.165) is 0 Å². The van der Waals surface area contributed by atoms with Crippen molar-refractivity contribution in [1.82, 2.24) is 20.9 Å². The molecular weight excluding hydrogens is 373 g/mol. The van der Waals surface area contributed by atoms with Crippen LogP contribution in [-0.4, -0.2) is 61.1 Å². The molecule has 144 valence electrons. The Morgan fingerprint density at radius 2 is 1.92 bits per heavy atom. The van der Waals surface area contributed by atoms with E-state index in [1.54, 1.807) is 22.3 Å². The van der Waals surface area contributed by atoms with Crippen LogP contribution in [0, 0.1) is 0 Å². The van der Waals surface area contributed by atoms with Gasteiger partial charge < -0.3 is 10.6 Å². The van der Waals surface area contributed by atoms with Crippen molar-refractivity contribution < 1.29 is 27.6 Å². The molecule has 0 atom stereocenters. The van der Waals surface area contributed by atoms with Crippen molar-refractivity contribution in [3.05, 3.63) is 22.4 Å². The lowest BCUT2D eigenvalue weighted by atomic mass is 10.0. The molecular formula is C15H19F3N4O3S. The fraction of sp³-hybridized carbons (Fsp3) is 0.533. The van der Waals surface area contributed by atoms with E-state index in [1.165, 1.54) is 11.3 Å². The zero-order valence-electron chi connectivity index (χ0n) is 13.8. The zero-order chi connectivity index (χ0) is 19.2. The number of alkyl halides is 3. The number of imide groups is 1. The summed E-state index contributed by atoms with van der Waals surface area (Å²) in [6.45, 7) is -0.521. The topological polar surface area (TPSA) is 90.5 Å². The van der Waals surface area contributed by atoms with Crippen LogP contribution in [0.15, 0.2) is 17.5 Å². The van der Waals surface area contributed by atoms with Crippen LogP contribution in [-0.2, 0) is 4.79 Å². The van der Waals surface area contributed by atoms with Gasteiger partial charge in [0.1, 0.15) is 6.54 Å². The number of halogens is 3. The van der Waals surface area contributed by atoms with Gasteiger partial charge in [0.2, 0.25) is 5.91 Å². The summed E-state index contributed by atoms with van der Waals surface area (Å²) in [5.41, 5.74) is 0. The Bertz CT molecular complexity index is 629. The maximum Gasteiger partial charge on any atom is 0.405 e. The van der Waals surface area contributed by atoms with Gasteiger partial charge in [-0.2, -0.15) is 13.2 Å². The van der Waals surface area contributed by atoms with E-state index in [0.29, 0.717) is 30.8 Å². The largest absolute Gasteiger partial charge is 0.405 e. The third kappa shape index (κ3) is 7.00. The molecule has 26 heavy (non-hydrogen) atoms. The van der Waals surface area contributed by atoms with Crippen molar-refractivity contribution in [2.45, 2.75) is 25.1 Å². The molecule has 1 fully saturated rings. The summed E-state index contributed by atoms with van der Waals surface area (Å²) in [7, 11) is 0. The van der Waals surface area contributed by atoms with Crippen LogP contribution in [0.3, 0.4) is 0 Å². The average Bonchev–Trinajstić information content (AvgIpc) is 3.09. The molecule has 0 radical (unpaired) electrons. The van der Waals surface area contributed by atoms with E-state index in [1.807, 2.05) is 10.7 Å². The summed E-state index contributed by atoms with van der Waals surface area (Å²) < 4.78 is 35.9. The first-order chi connectivity index (χ1) is 12.2. The molecule has 0 saturated carbocycles. The maximum atomic E-state index is 12.0. The molecule has 2 heterocycles. The molecule has 7 nitrogen and oxygen atoms in total. The summed E-state index contributed by atoms with van der Waals surface area (Å²) in [6.07, 6.45) is -3.24. The van der Waals surface area contributed by atoms with Gasteiger partial charge >= 0.3 is 12.2 Å². The van der Waals surface area contributed by atoms with Crippen molar-refractivity contribution in [2.24, 2.45) is 0 Å². The molecule has 4 amide bonds. The Balaban J connectivity index is 1.65. The Morgan fingerprint density at radius 3 is 2.50 bits per heavy atom. The van der Waals surface area contributed by atoms with E-state index in [9.17, 15) is 27.6 Å². The molecule has 1 saturated heterocycles. The van der Waals surface area contributed by atoms with Gasteiger partial charge in [0, 0.05) is 19.1 Å². The number of piperidine rings is 1. The van der Waals surface area contributed by atoms with Crippen LogP contribution in [0.4, 0.5) is 18.0 Å². The van der Waals surface area contributed by atoms with Gasteiger partial charge in [0.25, 0.3) is 5.91 Å².